The molecule has 3 aliphatic rings. The fourth-order valence-corrected chi connectivity index (χ4v) is 7.23. The third kappa shape index (κ3) is 9.62. The molecule has 0 amide bonds. The van der Waals surface area contributed by atoms with Gasteiger partial charge in [-0.25, -0.2) is 4.79 Å². The van der Waals surface area contributed by atoms with Crippen LogP contribution in [-0.2, 0) is 28.5 Å². The zero-order valence-corrected chi connectivity index (χ0v) is 34.0. The van der Waals surface area contributed by atoms with Gasteiger partial charge in [0.2, 0.25) is 23.8 Å². The largest absolute Gasteiger partial charge is 0.507 e. The summed E-state index contributed by atoms with van der Waals surface area (Å²) in [5.74, 6) is -5.42. The summed E-state index contributed by atoms with van der Waals surface area (Å²) >= 11 is 0. The van der Waals surface area contributed by atoms with Crippen molar-refractivity contribution in [3.63, 3.8) is 0 Å². The van der Waals surface area contributed by atoms with Crippen molar-refractivity contribution in [3.05, 3.63) is 70.4 Å². The maximum absolute atomic E-state index is 14.4. The summed E-state index contributed by atoms with van der Waals surface area (Å²) in [4.78, 5) is 26.9. The Morgan fingerprint density at radius 2 is 1.25 bits per heavy atom. The molecule has 0 saturated carbocycles. The topological polar surface area (TPSA) is 375 Å². The van der Waals surface area contributed by atoms with Crippen molar-refractivity contribution in [3.8, 4) is 51.6 Å². The summed E-state index contributed by atoms with van der Waals surface area (Å²) in [5.41, 5.74) is -1.35. The first-order valence-corrected chi connectivity index (χ1v) is 19.9. The highest BCUT2D eigenvalue weighted by Gasteiger charge is 2.51. The van der Waals surface area contributed by atoms with Gasteiger partial charge in [0.05, 0.1) is 12.2 Å². The van der Waals surface area contributed by atoms with Crippen LogP contribution < -0.4 is 14.9 Å². The summed E-state index contributed by atoms with van der Waals surface area (Å²) in [6.45, 7) is 1.98. The van der Waals surface area contributed by atoms with Crippen molar-refractivity contribution in [1.82, 2.24) is 0 Å². The van der Waals surface area contributed by atoms with E-state index < -0.39 is 161 Å². The molecule has 352 valence electrons. The Balaban J connectivity index is 1.18. The Hall–Kier alpha value is -5.80. The number of aliphatic hydroxyl groups is 8. The molecular formula is C42H46O23. The second-order valence-corrected chi connectivity index (χ2v) is 15.5. The molecule has 0 radical (unpaired) electrons. The zero-order valence-electron chi connectivity index (χ0n) is 34.0. The number of carbonyl (C=O) groups excluding carboxylic acids is 1. The molecule has 23 heteroatoms. The minimum Gasteiger partial charge on any atom is -0.507 e. The number of phenols is 5. The van der Waals surface area contributed by atoms with Crippen LogP contribution in [0.25, 0.3) is 28.4 Å². The van der Waals surface area contributed by atoms with Crippen molar-refractivity contribution >= 4 is 23.0 Å². The highest BCUT2D eigenvalue weighted by Crippen LogP contribution is 2.41. The van der Waals surface area contributed by atoms with E-state index in [2.05, 4.69) is 0 Å². The van der Waals surface area contributed by atoms with Gasteiger partial charge < -0.3 is 104 Å². The third-order valence-electron chi connectivity index (χ3n) is 11.0. The number of aliphatic hydroxyl groups excluding tert-OH is 8. The van der Waals surface area contributed by atoms with E-state index in [1.54, 1.807) is 0 Å². The highest BCUT2D eigenvalue weighted by atomic mass is 16.8. The van der Waals surface area contributed by atoms with Gasteiger partial charge in [-0.3, -0.25) is 4.79 Å². The molecule has 1 aromatic heterocycles. The molecule has 3 fully saturated rings. The molecule has 0 bridgehead atoms. The lowest BCUT2D eigenvalue weighted by molar-refractivity contribution is -0.355. The first-order chi connectivity index (χ1) is 30.7. The van der Waals surface area contributed by atoms with Crippen LogP contribution in [0.5, 0.6) is 40.2 Å². The van der Waals surface area contributed by atoms with Crippen molar-refractivity contribution < 1.29 is 109 Å². The molecule has 4 heterocycles. The maximum Gasteiger partial charge on any atom is 0.330 e. The van der Waals surface area contributed by atoms with Gasteiger partial charge in [0.1, 0.15) is 84.0 Å². The molecule has 4 aromatic rings. The van der Waals surface area contributed by atoms with Crippen molar-refractivity contribution in [1.29, 1.82) is 0 Å². The Kier molecular flexibility index (Phi) is 13.8. The van der Waals surface area contributed by atoms with Gasteiger partial charge in [-0.2, -0.15) is 0 Å². The molecule has 23 nitrogen and oxygen atoms in total. The van der Waals surface area contributed by atoms with E-state index in [1.807, 2.05) is 0 Å². The molecule has 3 aliphatic heterocycles. The van der Waals surface area contributed by atoms with E-state index in [9.17, 15) is 76.0 Å². The van der Waals surface area contributed by atoms with Crippen molar-refractivity contribution in [2.75, 3.05) is 6.61 Å². The Morgan fingerprint density at radius 3 is 1.92 bits per heavy atom. The van der Waals surface area contributed by atoms with E-state index in [0.717, 1.165) is 36.4 Å². The van der Waals surface area contributed by atoms with E-state index in [0.29, 0.717) is 5.56 Å². The standard InChI is InChI=1S/C42H46O23/c1-14-28(49)32(53)35(56)40(59-14)61-18-11-23(47)27-24(12-18)62-37(17-5-7-20(44)22(46)10-17)38(31(27)52)64-42-39(34(55)29(50)15(2)60-42)65-41-36(57)33(54)30(51)25(63-41)13-58-26(48)8-4-16-3-6-19(43)21(45)9-16/h3-12,14-15,25,28-30,32-36,39-47,49-51,53-57H,13H2,1-2H3/b8-4-/t14-,15-,25+,28-,29-,30-,32+,33+,34+,35+,36+,39+,40-,41-,42-/m0/s1. The maximum atomic E-state index is 14.4. The number of phenolic OH excluding ortho intramolecular Hbond substituents is 5. The van der Waals surface area contributed by atoms with Crippen LogP contribution in [0, 0.1) is 0 Å². The van der Waals surface area contributed by atoms with Crippen LogP contribution in [0.2, 0.25) is 0 Å². The lowest BCUT2D eigenvalue weighted by Crippen LogP contribution is -2.64. The van der Waals surface area contributed by atoms with Gasteiger partial charge in [0, 0.05) is 23.8 Å². The second-order valence-electron chi connectivity index (χ2n) is 15.5. The molecule has 3 saturated heterocycles. The van der Waals surface area contributed by atoms with Gasteiger partial charge in [0.25, 0.3) is 0 Å². The number of fused-ring (bicyclic) bond motifs is 1. The average molecular weight is 919 g/mol. The van der Waals surface area contributed by atoms with Crippen LogP contribution in [0.1, 0.15) is 19.4 Å². The minimum atomic E-state index is -2.07. The van der Waals surface area contributed by atoms with Crippen molar-refractivity contribution in [2.24, 2.45) is 0 Å². The van der Waals surface area contributed by atoms with Crippen LogP contribution >= 0.6 is 0 Å². The van der Waals surface area contributed by atoms with Gasteiger partial charge in [0.15, 0.2) is 41.2 Å². The Morgan fingerprint density at radius 1 is 0.631 bits per heavy atom. The Bertz CT molecular complexity index is 2460. The van der Waals surface area contributed by atoms with Gasteiger partial charge in [-0.15, -0.1) is 0 Å². The molecular weight excluding hydrogens is 872 g/mol. The number of hydrogen-bond acceptors (Lipinski definition) is 23. The summed E-state index contributed by atoms with van der Waals surface area (Å²) in [6, 6.07) is 8.97. The quantitative estimate of drug-likeness (QED) is 0.0462. The summed E-state index contributed by atoms with van der Waals surface area (Å²) in [6.07, 6.45) is -23.7. The van der Waals surface area contributed by atoms with Crippen LogP contribution in [-0.4, -0.2) is 171 Å². The van der Waals surface area contributed by atoms with Crippen LogP contribution in [0.3, 0.4) is 0 Å². The number of rotatable bonds is 11. The highest BCUT2D eigenvalue weighted by molar-refractivity contribution is 5.89. The molecule has 3 aromatic carbocycles. The van der Waals surface area contributed by atoms with Gasteiger partial charge >= 0.3 is 5.97 Å². The lowest BCUT2D eigenvalue weighted by atomic mass is 9.97. The average Bonchev–Trinajstić information content (AvgIpc) is 3.26. The van der Waals surface area contributed by atoms with Crippen LogP contribution in [0.4, 0.5) is 0 Å². The number of aromatic hydroxyl groups is 5. The fraction of sp³-hybridized carbons (Fsp3) is 0.429. The monoisotopic (exact) mass is 918 g/mol. The first-order valence-electron chi connectivity index (χ1n) is 19.9. The van der Waals surface area contributed by atoms with Crippen LogP contribution in [0.15, 0.2) is 63.8 Å². The zero-order chi connectivity index (χ0) is 47.2. The number of hydrogen-bond donors (Lipinski definition) is 13. The molecule has 65 heavy (non-hydrogen) atoms. The number of ether oxygens (including phenoxy) is 7. The van der Waals surface area contributed by atoms with Gasteiger partial charge in [-0.1, -0.05) is 6.07 Å². The van der Waals surface area contributed by atoms with E-state index in [4.69, 9.17) is 37.6 Å². The lowest BCUT2D eigenvalue weighted by Gasteiger charge is -2.45. The normalized spacial score (nSPS) is 32.9. The SMILES string of the molecule is C[C@@H]1O[C@@H](Oc2cc(O)c3c(=O)c(O[C@@H]4O[C@@H](C)[C@H](O)[C@@H](O)[C@H]4O[C@@H]4O[C@H](COC(=O)/C=C\c5ccc(O)c(O)c5)[C@H](O)[C@@H](O)[C@H]4O)c(-c4ccc(O)c(O)c4)oc3c2)[C@H](O)[C@H](O)[C@H]1O. The number of benzene rings is 3. The smallest absolute Gasteiger partial charge is 0.330 e. The van der Waals surface area contributed by atoms with Gasteiger partial charge in [-0.05, 0) is 55.8 Å². The third-order valence-corrected chi connectivity index (χ3v) is 11.0. The predicted octanol–water partition coefficient (Wildman–Crippen LogP) is -1.51. The predicted molar refractivity (Wildman–Crippen MR) is 214 cm³/mol. The summed E-state index contributed by atoms with van der Waals surface area (Å²) in [7, 11) is 0. The minimum absolute atomic E-state index is 0.129. The van der Waals surface area contributed by atoms with Crippen molar-refractivity contribution in [2.45, 2.75) is 106 Å². The fourth-order valence-electron chi connectivity index (χ4n) is 7.23. The first kappa shape index (κ1) is 47.2. The molecule has 13 N–H and O–H groups in total. The molecule has 15 atom stereocenters. The summed E-state index contributed by atoms with van der Waals surface area (Å²) < 4.78 is 45.7. The Labute approximate surface area is 365 Å². The molecule has 0 aliphatic carbocycles. The summed E-state index contributed by atoms with van der Waals surface area (Å²) in [5, 5.41) is 136. The van der Waals surface area contributed by atoms with E-state index in [1.165, 1.54) is 38.1 Å². The molecule has 0 spiro atoms. The van der Waals surface area contributed by atoms with E-state index >= 15 is 0 Å². The number of carbonyl (C=O) groups is 1. The number of esters is 1. The van der Waals surface area contributed by atoms with E-state index in [-0.39, 0.29) is 11.3 Å². The molecule has 7 rings (SSSR count). The second kappa shape index (κ2) is 19.0. The molecule has 0 unspecified atom stereocenters.